The number of amides is 1. The van der Waals surface area contributed by atoms with Gasteiger partial charge in [0.2, 0.25) is 5.91 Å². The zero-order valence-electron chi connectivity index (χ0n) is 8.94. The molecule has 4 heteroatoms. The van der Waals surface area contributed by atoms with Crippen LogP contribution in [-0.2, 0) is 4.79 Å². The summed E-state index contributed by atoms with van der Waals surface area (Å²) in [6.07, 6.45) is 1.04. The molecule has 1 saturated heterocycles. The first-order valence-electron chi connectivity index (χ1n) is 5.23. The zero-order chi connectivity index (χ0) is 10.7. The third-order valence-corrected chi connectivity index (χ3v) is 2.52. The number of aliphatic hydroxyl groups excluding tert-OH is 1. The van der Waals surface area contributed by atoms with Crippen molar-refractivity contribution in [1.82, 2.24) is 4.90 Å². The van der Waals surface area contributed by atoms with Crippen molar-refractivity contribution in [3.05, 3.63) is 0 Å². The SMILES string of the molecule is CC(C)CC(N)C(=O)N1CC[C@@H](O)C1. The first-order chi connectivity index (χ1) is 6.50. The van der Waals surface area contributed by atoms with Gasteiger partial charge in [0.25, 0.3) is 0 Å². The highest BCUT2D eigenvalue weighted by atomic mass is 16.3. The molecule has 14 heavy (non-hydrogen) atoms. The lowest BCUT2D eigenvalue weighted by Crippen LogP contribution is -2.43. The molecule has 0 aromatic rings. The van der Waals surface area contributed by atoms with E-state index in [1.807, 2.05) is 13.8 Å². The van der Waals surface area contributed by atoms with E-state index in [4.69, 9.17) is 5.73 Å². The summed E-state index contributed by atoms with van der Waals surface area (Å²) in [5.41, 5.74) is 5.77. The maximum atomic E-state index is 11.7. The number of likely N-dealkylation sites (tertiary alicyclic amines) is 1. The van der Waals surface area contributed by atoms with Crippen molar-refractivity contribution >= 4 is 5.91 Å². The Morgan fingerprint density at radius 1 is 1.64 bits per heavy atom. The fraction of sp³-hybridized carbons (Fsp3) is 0.900. The second kappa shape index (κ2) is 4.75. The number of hydrogen-bond donors (Lipinski definition) is 2. The highest BCUT2D eigenvalue weighted by Gasteiger charge is 2.28. The number of carbonyl (C=O) groups is 1. The molecule has 0 radical (unpaired) electrons. The second-order valence-electron chi connectivity index (χ2n) is 4.46. The standard InChI is InChI=1S/C10H20N2O2/c1-7(2)5-9(11)10(14)12-4-3-8(13)6-12/h7-9,13H,3-6,11H2,1-2H3/t8-,9?/m1/s1. The molecule has 1 fully saturated rings. The maximum absolute atomic E-state index is 11.7. The molecule has 1 amide bonds. The topological polar surface area (TPSA) is 66.6 Å². The van der Waals surface area contributed by atoms with Crippen molar-refractivity contribution < 1.29 is 9.90 Å². The average molecular weight is 200 g/mol. The smallest absolute Gasteiger partial charge is 0.239 e. The third kappa shape index (κ3) is 2.96. The van der Waals surface area contributed by atoms with Gasteiger partial charge in [-0.25, -0.2) is 0 Å². The van der Waals surface area contributed by atoms with Crippen molar-refractivity contribution in [1.29, 1.82) is 0 Å². The average Bonchev–Trinajstić information content (AvgIpc) is 2.49. The van der Waals surface area contributed by atoms with Crippen LogP contribution in [0.2, 0.25) is 0 Å². The van der Waals surface area contributed by atoms with Crippen LogP contribution in [0.15, 0.2) is 0 Å². The summed E-state index contributed by atoms with van der Waals surface area (Å²) in [6, 6.07) is -0.403. The van der Waals surface area contributed by atoms with Crippen molar-refractivity contribution in [2.24, 2.45) is 11.7 Å². The van der Waals surface area contributed by atoms with Crippen molar-refractivity contribution in [2.45, 2.75) is 38.8 Å². The molecule has 4 nitrogen and oxygen atoms in total. The van der Waals surface area contributed by atoms with Gasteiger partial charge in [-0.05, 0) is 18.8 Å². The fourth-order valence-corrected chi connectivity index (χ4v) is 1.79. The molecular formula is C10H20N2O2. The van der Waals surface area contributed by atoms with Gasteiger partial charge in [-0.1, -0.05) is 13.8 Å². The summed E-state index contributed by atoms with van der Waals surface area (Å²) in [6.45, 7) is 5.19. The number of hydrogen-bond acceptors (Lipinski definition) is 3. The number of β-amino-alcohol motifs (C(OH)–C–C–N with tert-alkyl or cyclic N) is 1. The molecule has 1 heterocycles. The first-order valence-corrected chi connectivity index (χ1v) is 5.23. The number of carbonyl (C=O) groups excluding carboxylic acids is 1. The molecule has 3 N–H and O–H groups in total. The first kappa shape index (κ1) is 11.5. The monoisotopic (exact) mass is 200 g/mol. The molecule has 0 aromatic heterocycles. The predicted octanol–water partition coefficient (Wildman–Crippen LogP) is -0.0470. The van der Waals surface area contributed by atoms with Crippen LogP contribution in [0.5, 0.6) is 0 Å². The van der Waals surface area contributed by atoms with Crippen molar-refractivity contribution in [3.63, 3.8) is 0 Å². The normalized spacial score (nSPS) is 24.4. The van der Waals surface area contributed by atoms with E-state index in [-0.39, 0.29) is 12.0 Å². The summed E-state index contributed by atoms with van der Waals surface area (Å²) in [5, 5.41) is 9.28. The number of rotatable bonds is 3. The lowest BCUT2D eigenvalue weighted by atomic mass is 10.0. The van der Waals surface area contributed by atoms with E-state index >= 15 is 0 Å². The fourth-order valence-electron chi connectivity index (χ4n) is 1.79. The molecule has 0 aliphatic carbocycles. The molecule has 0 aromatic carbocycles. The van der Waals surface area contributed by atoms with Crippen LogP contribution in [0, 0.1) is 5.92 Å². The van der Waals surface area contributed by atoms with E-state index in [2.05, 4.69) is 0 Å². The Labute approximate surface area is 85.1 Å². The third-order valence-electron chi connectivity index (χ3n) is 2.52. The summed E-state index contributed by atoms with van der Waals surface area (Å²) in [7, 11) is 0. The molecule has 1 aliphatic heterocycles. The van der Waals surface area contributed by atoms with Crippen LogP contribution in [-0.4, -0.2) is 41.1 Å². The highest BCUT2D eigenvalue weighted by Crippen LogP contribution is 2.12. The Hall–Kier alpha value is -0.610. The molecule has 1 unspecified atom stereocenters. The molecule has 2 atom stereocenters. The van der Waals surface area contributed by atoms with Gasteiger partial charge < -0.3 is 15.7 Å². The Kier molecular flexibility index (Phi) is 3.89. The van der Waals surface area contributed by atoms with Gasteiger partial charge in [0.1, 0.15) is 0 Å². The van der Waals surface area contributed by atoms with Gasteiger partial charge >= 0.3 is 0 Å². The zero-order valence-corrected chi connectivity index (χ0v) is 8.94. The van der Waals surface area contributed by atoms with Crippen molar-refractivity contribution in [2.75, 3.05) is 13.1 Å². The van der Waals surface area contributed by atoms with Crippen LogP contribution in [0.3, 0.4) is 0 Å². The minimum atomic E-state index is -0.403. The van der Waals surface area contributed by atoms with Crippen LogP contribution in [0.1, 0.15) is 26.7 Å². The van der Waals surface area contributed by atoms with E-state index in [0.29, 0.717) is 31.8 Å². The van der Waals surface area contributed by atoms with Crippen LogP contribution in [0.4, 0.5) is 0 Å². The van der Waals surface area contributed by atoms with Gasteiger partial charge in [0, 0.05) is 13.1 Å². The Morgan fingerprint density at radius 3 is 2.71 bits per heavy atom. The van der Waals surface area contributed by atoms with Gasteiger partial charge in [0.05, 0.1) is 12.1 Å². The Morgan fingerprint density at radius 2 is 2.29 bits per heavy atom. The van der Waals surface area contributed by atoms with Gasteiger partial charge in [-0.3, -0.25) is 4.79 Å². The molecule has 82 valence electrons. The number of aliphatic hydroxyl groups is 1. The quantitative estimate of drug-likeness (QED) is 0.671. The van der Waals surface area contributed by atoms with E-state index in [0.717, 1.165) is 0 Å². The minimum Gasteiger partial charge on any atom is -0.391 e. The van der Waals surface area contributed by atoms with Crippen molar-refractivity contribution in [3.8, 4) is 0 Å². The number of nitrogens with two attached hydrogens (primary N) is 1. The molecule has 0 bridgehead atoms. The molecular weight excluding hydrogens is 180 g/mol. The Bertz CT molecular complexity index is 206. The lowest BCUT2D eigenvalue weighted by molar-refractivity contribution is -0.132. The molecule has 0 spiro atoms. The summed E-state index contributed by atoms with van der Waals surface area (Å²) in [4.78, 5) is 13.4. The highest BCUT2D eigenvalue weighted by molar-refractivity contribution is 5.81. The van der Waals surface area contributed by atoms with Gasteiger partial charge in [-0.15, -0.1) is 0 Å². The number of nitrogens with zero attached hydrogens (tertiary/aromatic N) is 1. The largest absolute Gasteiger partial charge is 0.391 e. The van der Waals surface area contributed by atoms with E-state index in [9.17, 15) is 9.90 Å². The van der Waals surface area contributed by atoms with Gasteiger partial charge in [0.15, 0.2) is 0 Å². The minimum absolute atomic E-state index is 0.0183. The van der Waals surface area contributed by atoms with E-state index < -0.39 is 6.04 Å². The lowest BCUT2D eigenvalue weighted by Gasteiger charge is -2.21. The van der Waals surface area contributed by atoms with Crippen LogP contribution in [0.25, 0.3) is 0 Å². The second-order valence-corrected chi connectivity index (χ2v) is 4.46. The van der Waals surface area contributed by atoms with Gasteiger partial charge in [-0.2, -0.15) is 0 Å². The molecule has 0 saturated carbocycles. The summed E-state index contributed by atoms with van der Waals surface area (Å²) in [5.74, 6) is 0.414. The summed E-state index contributed by atoms with van der Waals surface area (Å²) >= 11 is 0. The molecule has 1 rings (SSSR count). The molecule has 1 aliphatic rings. The Balaban J connectivity index is 2.40. The predicted molar refractivity (Wildman–Crippen MR) is 54.6 cm³/mol. The maximum Gasteiger partial charge on any atom is 0.239 e. The van der Waals surface area contributed by atoms with E-state index in [1.165, 1.54) is 0 Å². The van der Waals surface area contributed by atoms with Crippen LogP contribution < -0.4 is 5.73 Å². The van der Waals surface area contributed by atoms with E-state index in [1.54, 1.807) is 4.90 Å². The summed E-state index contributed by atoms with van der Waals surface area (Å²) < 4.78 is 0. The van der Waals surface area contributed by atoms with Crippen LogP contribution >= 0.6 is 0 Å².